The van der Waals surface area contributed by atoms with E-state index >= 15 is 0 Å². The van der Waals surface area contributed by atoms with Gasteiger partial charge in [-0.2, -0.15) is 0 Å². The summed E-state index contributed by atoms with van der Waals surface area (Å²) in [6.45, 7) is 13.9. The van der Waals surface area contributed by atoms with Gasteiger partial charge in [0.15, 0.2) is 0 Å². The summed E-state index contributed by atoms with van der Waals surface area (Å²) >= 11 is 12.3. The van der Waals surface area contributed by atoms with E-state index in [0.29, 0.717) is 0 Å². The third kappa shape index (κ3) is 26.1. The van der Waals surface area contributed by atoms with Crippen molar-refractivity contribution in [2.75, 3.05) is 0 Å². The predicted molar refractivity (Wildman–Crippen MR) is 382 cm³/mol. The van der Waals surface area contributed by atoms with Gasteiger partial charge in [0.05, 0.1) is 0 Å². The van der Waals surface area contributed by atoms with E-state index in [9.17, 15) is 0 Å². The van der Waals surface area contributed by atoms with Gasteiger partial charge >= 0.3 is 0 Å². The number of unbranched alkanes of at least 4 members (excludes halogenated alkanes) is 36. The summed E-state index contributed by atoms with van der Waals surface area (Å²) in [5.74, 6) is 0. The van der Waals surface area contributed by atoms with Crippen LogP contribution in [0, 0.1) is 13.8 Å². The standard InChI is InChI=1S/C76H116S6/c1-7-11-15-19-23-27-31-35-39-43-47-63-57-62(6)78-67(63)53-54-68-64(48-44-40-36-32-28-24-20-16-12-8-2)58-72(79-68)69-55-56-71(80-69)76-66(50-46-42-38-34-30-26-22-18-14-10-4)60-74(82-76)73-59-65(75(81-73)70-52-51-61(5)77-70)49-45-41-37-33-29-25-21-17-13-9-3/h51-60H,7-50H2,1-6H3/b54-53+. The normalized spacial score (nSPS) is 11.9. The van der Waals surface area contributed by atoms with Crippen LogP contribution in [0.25, 0.3) is 51.2 Å². The average Bonchev–Trinajstić information content (AvgIpc) is 4.47. The monoisotopic (exact) mass is 1220 g/mol. The van der Waals surface area contributed by atoms with Crippen molar-refractivity contribution in [3.8, 4) is 39.0 Å². The molecular weight excluding hydrogens is 1110 g/mol. The van der Waals surface area contributed by atoms with Gasteiger partial charge in [-0.15, -0.1) is 68.0 Å². The fourth-order valence-electron chi connectivity index (χ4n) is 12.2. The minimum atomic E-state index is 1.18. The smallest absolute Gasteiger partial charge is 0.0481 e. The SMILES string of the molecule is CCCCCCCCCCCCc1cc(C)sc1/C=C/c1sc(-c2ccc(-c3sc(-c4cc(CCCCCCCCCCCC)c(-c5ccc(C)s5)s4)cc3CCCCCCCCCCCC)s2)cc1CCCCCCCCCCCC. The summed E-state index contributed by atoms with van der Waals surface area (Å²) in [6.07, 6.45) is 65.4. The molecule has 0 N–H and O–H groups in total. The van der Waals surface area contributed by atoms with Crippen molar-refractivity contribution in [3.05, 3.63) is 90.3 Å². The molecular formula is C76H116S6. The van der Waals surface area contributed by atoms with E-state index in [2.05, 4.69) is 148 Å². The molecule has 0 aromatic carbocycles. The van der Waals surface area contributed by atoms with Crippen molar-refractivity contribution in [1.29, 1.82) is 0 Å². The molecule has 0 aliphatic heterocycles. The molecule has 0 fully saturated rings. The summed E-state index contributed by atoms with van der Waals surface area (Å²) in [6, 6.07) is 20.1. The van der Waals surface area contributed by atoms with Crippen molar-refractivity contribution in [3.63, 3.8) is 0 Å². The highest BCUT2D eigenvalue weighted by molar-refractivity contribution is 7.30. The number of hydrogen-bond acceptors (Lipinski definition) is 6. The topological polar surface area (TPSA) is 0 Å². The first kappa shape index (κ1) is 69.0. The second kappa shape index (κ2) is 42.7. The van der Waals surface area contributed by atoms with E-state index in [1.54, 1.807) is 22.3 Å². The molecule has 0 unspecified atom stereocenters. The zero-order valence-electron chi connectivity index (χ0n) is 53.3. The van der Waals surface area contributed by atoms with Crippen molar-refractivity contribution < 1.29 is 0 Å². The van der Waals surface area contributed by atoms with Crippen LogP contribution in [0.4, 0.5) is 0 Å². The first-order chi connectivity index (χ1) is 40.4. The highest BCUT2D eigenvalue weighted by Crippen LogP contribution is 2.49. The van der Waals surface area contributed by atoms with Gasteiger partial charge < -0.3 is 0 Å². The Bertz CT molecular complexity index is 2560. The van der Waals surface area contributed by atoms with E-state index < -0.39 is 0 Å². The van der Waals surface area contributed by atoms with Gasteiger partial charge in [0.1, 0.15) is 0 Å². The second-order valence-corrected chi connectivity index (χ2v) is 31.7. The maximum absolute atomic E-state index is 2.64. The number of thiophene rings is 6. The van der Waals surface area contributed by atoms with Crippen molar-refractivity contribution >= 4 is 80.2 Å². The lowest BCUT2D eigenvalue weighted by Crippen LogP contribution is -1.88. The fourth-order valence-corrected chi connectivity index (χ4v) is 19.1. The highest BCUT2D eigenvalue weighted by atomic mass is 32.1. The lowest BCUT2D eigenvalue weighted by molar-refractivity contribution is 0.556. The molecule has 6 heteroatoms. The van der Waals surface area contributed by atoms with Gasteiger partial charge in [-0.3, -0.25) is 0 Å². The van der Waals surface area contributed by atoms with Crippen LogP contribution >= 0.6 is 68.0 Å². The molecule has 0 saturated carbocycles. The van der Waals surface area contributed by atoms with Crippen LogP contribution in [0.2, 0.25) is 0 Å². The Morgan fingerprint density at radius 2 is 0.537 bits per heavy atom. The van der Waals surface area contributed by atoms with E-state index in [4.69, 9.17) is 0 Å². The molecule has 456 valence electrons. The maximum atomic E-state index is 2.64. The Kier molecular flexibility index (Phi) is 36.0. The number of aryl methyl sites for hydroxylation is 6. The molecule has 0 saturated heterocycles. The molecule has 0 nitrogen and oxygen atoms in total. The van der Waals surface area contributed by atoms with Crippen molar-refractivity contribution in [1.82, 2.24) is 0 Å². The van der Waals surface area contributed by atoms with Crippen molar-refractivity contribution in [2.45, 2.75) is 324 Å². The summed E-state index contributed by atoms with van der Waals surface area (Å²) in [4.78, 5) is 17.7. The Morgan fingerprint density at radius 3 is 0.915 bits per heavy atom. The van der Waals surface area contributed by atoms with E-state index in [1.807, 2.05) is 22.7 Å². The van der Waals surface area contributed by atoms with E-state index in [0.717, 1.165) is 0 Å². The van der Waals surface area contributed by atoms with Gasteiger partial charge in [-0.1, -0.05) is 259 Å². The largest absolute Gasteiger partial charge is 0.141 e. The zero-order chi connectivity index (χ0) is 57.7. The van der Waals surface area contributed by atoms with Crippen LogP contribution < -0.4 is 0 Å². The molecule has 0 bridgehead atoms. The van der Waals surface area contributed by atoms with Crippen LogP contribution in [0.5, 0.6) is 0 Å². The fraction of sp³-hybridized carbons (Fsp3) is 0.658. The molecule has 6 heterocycles. The van der Waals surface area contributed by atoms with Gasteiger partial charge in [0.25, 0.3) is 0 Å². The molecule has 0 amide bonds. The Balaban J connectivity index is 1.19. The number of rotatable bonds is 50. The van der Waals surface area contributed by atoms with Crippen LogP contribution in [0.1, 0.15) is 326 Å². The van der Waals surface area contributed by atoms with E-state index in [1.165, 1.54) is 341 Å². The maximum Gasteiger partial charge on any atom is 0.0481 e. The summed E-state index contributed by atoms with van der Waals surface area (Å²) in [5.41, 5.74) is 6.31. The third-order valence-corrected chi connectivity index (χ3v) is 24.7. The van der Waals surface area contributed by atoms with E-state index in [-0.39, 0.29) is 0 Å². The van der Waals surface area contributed by atoms with Gasteiger partial charge in [-0.25, -0.2) is 0 Å². The molecule has 6 aromatic heterocycles. The van der Waals surface area contributed by atoms with Crippen LogP contribution in [-0.4, -0.2) is 0 Å². The molecule has 6 rings (SSSR count). The molecule has 0 radical (unpaired) electrons. The minimum absolute atomic E-state index is 1.18. The van der Waals surface area contributed by atoms with Gasteiger partial charge in [-0.05, 0) is 148 Å². The van der Waals surface area contributed by atoms with Gasteiger partial charge in [0, 0.05) is 58.5 Å². The predicted octanol–water partition coefficient (Wildman–Crippen LogP) is 29.4. The third-order valence-electron chi connectivity index (χ3n) is 17.3. The lowest BCUT2D eigenvalue weighted by atomic mass is 10.0. The summed E-state index contributed by atoms with van der Waals surface area (Å²) < 4.78 is 0. The Morgan fingerprint density at radius 1 is 0.244 bits per heavy atom. The summed E-state index contributed by atoms with van der Waals surface area (Å²) in [5, 5.41) is 0. The quantitative estimate of drug-likeness (QED) is 0.0334. The minimum Gasteiger partial charge on any atom is -0.141 e. The lowest BCUT2D eigenvalue weighted by Gasteiger charge is -2.04. The molecule has 6 aromatic rings. The molecule has 0 spiro atoms. The average molecular weight is 1220 g/mol. The van der Waals surface area contributed by atoms with Gasteiger partial charge in [0.2, 0.25) is 0 Å². The Hall–Kier alpha value is -2.06. The first-order valence-corrected chi connectivity index (χ1v) is 39.6. The first-order valence-electron chi connectivity index (χ1n) is 34.7. The van der Waals surface area contributed by atoms with Crippen LogP contribution in [0.15, 0.2) is 48.5 Å². The Labute approximate surface area is 529 Å². The molecule has 0 atom stereocenters. The molecule has 82 heavy (non-hydrogen) atoms. The zero-order valence-corrected chi connectivity index (χ0v) is 58.2. The van der Waals surface area contributed by atoms with Crippen molar-refractivity contribution in [2.24, 2.45) is 0 Å². The number of hydrogen-bond donors (Lipinski definition) is 0. The second-order valence-electron chi connectivity index (χ2n) is 24.8. The van der Waals surface area contributed by atoms with Crippen LogP contribution in [-0.2, 0) is 25.7 Å². The molecule has 0 aliphatic carbocycles. The highest BCUT2D eigenvalue weighted by Gasteiger charge is 2.21. The molecule has 0 aliphatic rings. The summed E-state index contributed by atoms with van der Waals surface area (Å²) in [7, 11) is 0. The van der Waals surface area contributed by atoms with Crippen LogP contribution in [0.3, 0.4) is 0 Å².